The van der Waals surface area contributed by atoms with Gasteiger partial charge in [-0.2, -0.15) is 0 Å². The zero-order chi connectivity index (χ0) is 15.8. The molecule has 0 aliphatic carbocycles. The number of rotatable bonds is 5. The van der Waals surface area contributed by atoms with Crippen LogP contribution in [0.25, 0.3) is 0 Å². The molecular weight excluding hydrogens is 278 g/mol. The summed E-state index contributed by atoms with van der Waals surface area (Å²) in [4.78, 5) is 4.28. The molecule has 0 bridgehead atoms. The molecule has 122 valence electrons. The van der Waals surface area contributed by atoms with Crippen LogP contribution in [0.3, 0.4) is 0 Å². The highest BCUT2D eigenvalue weighted by Gasteiger charge is 2.32. The molecule has 2 N–H and O–H groups in total. The standard InChI is InChI=1S/C17H27N3O2/c1-14-4-6-15(7-5-14)12-19-16(18-2)20-13-17(21-3)8-10-22-11-9-17/h4-7H,8-13H2,1-3H3,(H2,18,19,20). The van der Waals surface area contributed by atoms with E-state index in [4.69, 9.17) is 9.47 Å². The van der Waals surface area contributed by atoms with E-state index >= 15 is 0 Å². The molecule has 0 unspecified atom stereocenters. The second kappa shape index (κ2) is 8.15. The van der Waals surface area contributed by atoms with Gasteiger partial charge in [0.2, 0.25) is 0 Å². The van der Waals surface area contributed by atoms with Crippen molar-refractivity contribution < 1.29 is 9.47 Å². The predicted molar refractivity (Wildman–Crippen MR) is 89.2 cm³/mol. The fourth-order valence-corrected chi connectivity index (χ4v) is 2.55. The summed E-state index contributed by atoms with van der Waals surface area (Å²) in [5.41, 5.74) is 2.36. The lowest BCUT2D eigenvalue weighted by molar-refractivity contribution is -0.0855. The largest absolute Gasteiger partial charge is 0.381 e. The topological polar surface area (TPSA) is 54.9 Å². The summed E-state index contributed by atoms with van der Waals surface area (Å²) in [5, 5.41) is 6.71. The third-order valence-electron chi connectivity index (χ3n) is 4.22. The summed E-state index contributed by atoms with van der Waals surface area (Å²) < 4.78 is 11.1. The first kappa shape index (κ1) is 16.8. The van der Waals surface area contributed by atoms with Crippen LogP contribution in [0.5, 0.6) is 0 Å². The van der Waals surface area contributed by atoms with E-state index in [9.17, 15) is 0 Å². The second-order valence-corrected chi connectivity index (χ2v) is 5.76. The van der Waals surface area contributed by atoms with E-state index in [2.05, 4.69) is 46.8 Å². The summed E-state index contributed by atoms with van der Waals surface area (Å²) in [6, 6.07) is 8.50. The molecule has 5 heteroatoms. The van der Waals surface area contributed by atoms with Gasteiger partial charge in [-0.25, -0.2) is 0 Å². The summed E-state index contributed by atoms with van der Waals surface area (Å²) in [5.74, 6) is 0.795. The van der Waals surface area contributed by atoms with Crippen molar-refractivity contribution in [1.29, 1.82) is 0 Å². The van der Waals surface area contributed by atoms with Crippen molar-refractivity contribution in [3.05, 3.63) is 35.4 Å². The minimum atomic E-state index is -0.153. The molecule has 22 heavy (non-hydrogen) atoms. The summed E-state index contributed by atoms with van der Waals surface area (Å²) in [6.45, 7) is 5.09. The van der Waals surface area contributed by atoms with Crippen molar-refractivity contribution in [3.63, 3.8) is 0 Å². The molecule has 5 nitrogen and oxygen atoms in total. The third kappa shape index (κ3) is 4.71. The lowest BCUT2D eigenvalue weighted by atomic mass is 9.94. The minimum absolute atomic E-state index is 0.153. The molecule has 0 saturated carbocycles. The van der Waals surface area contributed by atoms with Crippen molar-refractivity contribution in [2.24, 2.45) is 4.99 Å². The Morgan fingerprint density at radius 3 is 2.50 bits per heavy atom. The lowest BCUT2D eigenvalue weighted by Gasteiger charge is -2.36. The number of hydrogen-bond donors (Lipinski definition) is 2. The van der Waals surface area contributed by atoms with Crippen LogP contribution in [0, 0.1) is 6.92 Å². The number of aryl methyl sites for hydroxylation is 1. The van der Waals surface area contributed by atoms with Crippen LogP contribution in [0.4, 0.5) is 0 Å². The average Bonchev–Trinajstić information content (AvgIpc) is 2.57. The molecule has 1 aliphatic rings. The Bertz CT molecular complexity index is 479. The first-order valence-corrected chi connectivity index (χ1v) is 7.80. The maximum atomic E-state index is 5.72. The van der Waals surface area contributed by atoms with E-state index in [1.807, 2.05) is 0 Å². The Hall–Kier alpha value is -1.59. The van der Waals surface area contributed by atoms with Crippen LogP contribution in [0.1, 0.15) is 24.0 Å². The van der Waals surface area contributed by atoms with Crippen molar-refractivity contribution >= 4 is 5.96 Å². The first-order valence-electron chi connectivity index (χ1n) is 7.80. The maximum absolute atomic E-state index is 5.72. The summed E-state index contributed by atoms with van der Waals surface area (Å²) >= 11 is 0. The van der Waals surface area contributed by atoms with Crippen LogP contribution in [0.15, 0.2) is 29.3 Å². The number of hydrogen-bond acceptors (Lipinski definition) is 3. The summed E-state index contributed by atoms with van der Waals surface area (Å²) in [6.07, 6.45) is 1.82. The molecule has 1 fully saturated rings. The number of nitrogens with one attached hydrogen (secondary N) is 2. The Balaban J connectivity index is 1.83. The van der Waals surface area contributed by atoms with Crippen LogP contribution < -0.4 is 10.6 Å². The van der Waals surface area contributed by atoms with Crippen molar-refractivity contribution in [2.45, 2.75) is 31.9 Å². The predicted octanol–water partition coefficient (Wildman–Crippen LogP) is 1.86. The molecule has 0 radical (unpaired) electrons. The van der Waals surface area contributed by atoms with Crippen LogP contribution in [-0.2, 0) is 16.0 Å². The molecular formula is C17H27N3O2. The van der Waals surface area contributed by atoms with Crippen LogP contribution >= 0.6 is 0 Å². The van der Waals surface area contributed by atoms with Crippen LogP contribution in [-0.4, -0.2) is 45.5 Å². The minimum Gasteiger partial charge on any atom is -0.381 e. The number of aliphatic imine (C=N–C) groups is 1. The Kier molecular flexibility index (Phi) is 6.21. The SMILES string of the molecule is CN=C(NCc1ccc(C)cc1)NCC1(OC)CCOCC1. The molecule has 0 amide bonds. The second-order valence-electron chi connectivity index (χ2n) is 5.76. The highest BCUT2D eigenvalue weighted by molar-refractivity contribution is 5.79. The van der Waals surface area contributed by atoms with Gasteiger partial charge < -0.3 is 20.1 Å². The van der Waals surface area contributed by atoms with E-state index in [1.165, 1.54) is 11.1 Å². The van der Waals surface area contributed by atoms with Crippen molar-refractivity contribution in [1.82, 2.24) is 10.6 Å². The van der Waals surface area contributed by atoms with Gasteiger partial charge in [-0.1, -0.05) is 29.8 Å². The number of methoxy groups -OCH3 is 1. The van der Waals surface area contributed by atoms with E-state index in [0.717, 1.165) is 45.1 Å². The van der Waals surface area contributed by atoms with E-state index in [1.54, 1.807) is 14.2 Å². The van der Waals surface area contributed by atoms with Gasteiger partial charge in [0.05, 0.1) is 5.60 Å². The van der Waals surface area contributed by atoms with Crippen molar-refractivity contribution in [2.75, 3.05) is 33.9 Å². The fourth-order valence-electron chi connectivity index (χ4n) is 2.55. The number of guanidine groups is 1. The molecule has 0 atom stereocenters. The monoisotopic (exact) mass is 305 g/mol. The number of ether oxygens (including phenoxy) is 2. The Morgan fingerprint density at radius 2 is 1.91 bits per heavy atom. The molecule has 1 heterocycles. The molecule has 1 aromatic carbocycles. The maximum Gasteiger partial charge on any atom is 0.191 e. The normalized spacial score (nSPS) is 18.0. The highest BCUT2D eigenvalue weighted by atomic mass is 16.5. The van der Waals surface area contributed by atoms with Gasteiger partial charge in [-0.3, -0.25) is 4.99 Å². The van der Waals surface area contributed by atoms with Gasteiger partial charge in [-0.15, -0.1) is 0 Å². The summed E-state index contributed by atoms with van der Waals surface area (Å²) in [7, 11) is 3.56. The molecule has 1 aromatic rings. The third-order valence-corrected chi connectivity index (χ3v) is 4.22. The Labute approximate surface area is 133 Å². The van der Waals surface area contributed by atoms with Crippen molar-refractivity contribution in [3.8, 4) is 0 Å². The van der Waals surface area contributed by atoms with Gasteiger partial charge >= 0.3 is 0 Å². The quantitative estimate of drug-likeness (QED) is 0.644. The molecule has 1 aliphatic heterocycles. The molecule has 1 saturated heterocycles. The zero-order valence-electron chi connectivity index (χ0n) is 13.8. The van der Waals surface area contributed by atoms with Gasteiger partial charge in [-0.05, 0) is 12.5 Å². The lowest BCUT2D eigenvalue weighted by Crippen LogP contribution is -2.50. The van der Waals surface area contributed by atoms with Gasteiger partial charge in [0, 0.05) is 53.3 Å². The number of nitrogens with zero attached hydrogens (tertiary/aromatic N) is 1. The van der Waals surface area contributed by atoms with Gasteiger partial charge in [0.15, 0.2) is 5.96 Å². The smallest absolute Gasteiger partial charge is 0.191 e. The molecule has 2 rings (SSSR count). The zero-order valence-corrected chi connectivity index (χ0v) is 13.8. The van der Waals surface area contributed by atoms with Crippen LogP contribution in [0.2, 0.25) is 0 Å². The highest BCUT2D eigenvalue weighted by Crippen LogP contribution is 2.23. The van der Waals surface area contributed by atoms with Gasteiger partial charge in [0.25, 0.3) is 0 Å². The van der Waals surface area contributed by atoms with Gasteiger partial charge in [0.1, 0.15) is 0 Å². The van der Waals surface area contributed by atoms with E-state index in [0.29, 0.717) is 0 Å². The average molecular weight is 305 g/mol. The molecule has 0 aromatic heterocycles. The fraction of sp³-hybridized carbons (Fsp3) is 0.588. The molecule has 0 spiro atoms. The Morgan fingerprint density at radius 1 is 1.23 bits per heavy atom. The van der Waals surface area contributed by atoms with E-state index < -0.39 is 0 Å². The first-order chi connectivity index (χ1) is 10.7. The van der Waals surface area contributed by atoms with E-state index in [-0.39, 0.29) is 5.60 Å². The number of benzene rings is 1.